The molecular weight excluding hydrogens is 416 g/mol. The highest BCUT2D eigenvalue weighted by Gasteiger charge is 2.31. The van der Waals surface area contributed by atoms with Gasteiger partial charge in [-0.15, -0.1) is 0 Å². The quantitative estimate of drug-likeness (QED) is 0.520. The van der Waals surface area contributed by atoms with Crippen molar-refractivity contribution in [3.8, 4) is 22.7 Å². The third-order valence-corrected chi connectivity index (χ3v) is 4.84. The lowest BCUT2D eigenvalue weighted by Crippen LogP contribution is -2.18. The van der Waals surface area contributed by atoms with E-state index >= 15 is 0 Å². The topological polar surface area (TPSA) is 98.1 Å². The molecule has 2 aromatic carbocycles. The minimum absolute atomic E-state index is 0.00260. The molecule has 0 aliphatic carbocycles. The first-order chi connectivity index (χ1) is 15.6. The maximum atomic E-state index is 12.7. The first-order valence-corrected chi connectivity index (χ1v) is 9.94. The molecule has 32 heavy (non-hydrogen) atoms. The molecule has 1 fully saturated rings. The Morgan fingerprint density at radius 1 is 1.00 bits per heavy atom. The number of aromatic nitrogens is 2. The molecular formula is C23H22N2O7. The predicted molar refractivity (Wildman–Crippen MR) is 113 cm³/mol. The summed E-state index contributed by atoms with van der Waals surface area (Å²) >= 11 is 0. The largest absolute Gasteiger partial charge is 0.488 e. The fraction of sp³-hybridized carbons (Fsp3) is 0.261. The number of rotatable bonds is 7. The van der Waals surface area contributed by atoms with E-state index in [1.165, 1.54) is 18.9 Å². The van der Waals surface area contributed by atoms with Gasteiger partial charge in [-0.1, -0.05) is 30.3 Å². The van der Waals surface area contributed by atoms with E-state index in [0.29, 0.717) is 30.2 Å². The van der Waals surface area contributed by atoms with Crippen molar-refractivity contribution >= 4 is 11.9 Å². The lowest BCUT2D eigenvalue weighted by molar-refractivity contribution is -0.0684. The Morgan fingerprint density at radius 2 is 1.72 bits per heavy atom. The van der Waals surface area contributed by atoms with Crippen molar-refractivity contribution in [2.24, 2.45) is 0 Å². The van der Waals surface area contributed by atoms with Crippen molar-refractivity contribution in [2.75, 3.05) is 34.0 Å². The van der Waals surface area contributed by atoms with Gasteiger partial charge >= 0.3 is 11.9 Å². The number of carbonyl (C=O) groups is 2. The molecule has 0 saturated carbocycles. The Kier molecular flexibility index (Phi) is 6.48. The fourth-order valence-electron chi connectivity index (χ4n) is 3.36. The molecule has 9 nitrogen and oxygen atoms in total. The van der Waals surface area contributed by atoms with E-state index in [0.717, 1.165) is 0 Å². The van der Waals surface area contributed by atoms with Crippen LogP contribution in [0, 0.1) is 0 Å². The number of ether oxygens (including phenoxy) is 5. The van der Waals surface area contributed by atoms with Gasteiger partial charge in [-0.05, 0) is 24.3 Å². The fourth-order valence-corrected chi connectivity index (χ4v) is 3.36. The minimum atomic E-state index is -0.712. The Balaban J connectivity index is 1.79. The van der Waals surface area contributed by atoms with Gasteiger partial charge < -0.3 is 23.7 Å². The van der Waals surface area contributed by atoms with Crippen LogP contribution in [0.5, 0.6) is 5.75 Å². The molecule has 1 aliphatic rings. The molecule has 1 saturated heterocycles. The third-order valence-electron chi connectivity index (χ3n) is 4.84. The van der Waals surface area contributed by atoms with Gasteiger partial charge in [-0.25, -0.2) is 14.3 Å². The van der Waals surface area contributed by atoms with Gasteiger partial charge in [0.15, 0.2) is 12.0 Å². The molecule has 1 aliphatic heterocycles. The summed E-state index contributed by atoms with van der Waals surface area (Å²) in [6, 6.07) is 16.0. The summed E-state index contributed by atoms with van der Waals surface area (Å²) in [6.07, 6.45) is -0.424. The average molecular weight is 438 g/mol. The number of esters is 2. The maximum Gasteiger partial charge on any atom is 0.357 e. The van der Waals surface area contributed by atoms with E-state index < -0.39 is 18.2 Å². The van der Waals surface area contributed by atoms with Crippen molar-refractivity contribution in [3.05, 3.63) is 65.9 Å². The first kappa shape index (κ1) is 21.5. The maximum absolute atomic E-state index is 12.7. The summed E-state index contributed by atoms with van der Waals surface area (Å²) in [6.45, 7) is 1.28. The SMILES string of the molecule is COC(=O)c1c(-c2cccc(OCC3OCCO3)c2)nn(-c2ccccc2)c1C(=O)OC. The normalized spacial score (nSPS) is 13.7. The lowest BCUT2D eigenvalue weighted by atomic mass is 10.1. The zero-order chi connectivity index (χ0) is 22.5. The molecule has 1 aromatic heterocycles. The number of carbonyl (C=O) groups excluding carboxylic acids is 2. The number of benzene rings is 2. The van der Waals surface area contributed by atoms with Crippen LogP contribution in [-0.2, 0) is 18.9 Å². The highest BCUT2D eigenvalue weighted by Crippen LogP contribution is 2.31. The molecule has 0 radical (unpaired) electrons. The summed E-state index contributed by atoms with van der Waals surface area (Å²) < 4.78 is 27.8. The van der Waals surface area contributed by atoms with Gasteiger partial charge in [0.1, 0.15) is 23.6 Å². The summed E-state index contributed by atoms with van der Waals surface area (Å²) in [5, 5.41) is 4.58. The highest BCUT2D eigenvalue weighted by molar-refractivity contribution is 6.06. The number of nitrogens with zero attached hydrogens (tertiary/aromatic N) is 2. The van der Waals surface area contributed by atoms with E-state index in [1.54, 1.807) is 48.5 Å². The van der Waals surface area contributed by atoms with Crippen LogP contribution in [0.25, 0.3) is 16.9 Å². The molecule has 0 amide bonds. The molecule has 9 heteroatoms. The molecule has 0 spiro atoms. The number of para-hydroxylation sites is 1. The number of hydrogen-bond donors (Lipinski definition) is 0. The molecule has 166 valence electrons. The monoisotopic (exact) mass is 438 g/mol. The van der Waals surface area contributed by atoms with Crippen LogP contribution in [0.2, 0.25) is 0 Å². The van der Waals surface area contributed by atoms with Crippen LogP contribution in [0.15, 0.2) is 54.6 Å². The van der Waals surface area contributed by atoms with Gasteiger partial charge in [0, 0.05) is 5.56 Å². The second-order valence-corrected chi connectivity index (χ2v) is 6.81. The molecule has 2 heterocycles. The lowest BCUT2D eigenvalue weighted by Gasteiger charge is -2.11. The van der Waals surface area contributed by atoms with Crippen molar-refractivity contribution in [1.82, 2.24) is 9.78 Å². The van der Waals surface area contributed by atoms with Gasteiger partial charge in [0.2, 0.25) is 0 Å². The number of methoxy groups -OCH3 is 2. The van der Waals surface area contributed by atoms with Crippen LogP contribution in [0.3, 0.4) is 0 Å². The van der Waals surface area contributed by atoms with E-state index in [9.17, 15) is 9.59 Å². The van der Waals surface area contributed by atoms with Gasteiger partial charge in [0.25, 0.3) is 0 Å². The zero-order valence-corrected chi connectivity index (χ0v) is 17.6. The Hall–Kier alpha value is -3.69. The molecule has 3 aromatic rings. The van der Waals surface area contributed by atoms with Crippen LogP contribution in [0.4, 0.5) is 0 Å². The Morgan fingerprint density at radius 3 is 2.41 bits per heavy atom. The molecule has 0 unspecified atom stereocenters. The molecule has 0 bridgehead atoms. The van der Waals surface area contributed by atoms with Crippen LogP contribution in [0.1, 0.15) is 20.8 Å². The van der Waals surface area contributed by atoms with E-state index in [1.807, 2.05) is 6.07 Å². The molecule has 0 N–H and O–H groups in total. The van der Waals surface area contributed by atoms with E-state index in [4.69, 9.17) is 23.7 Å². The molecule has 0 atom stereocenters. The third kappa shape index (κ3) is 4.34. The van der Waals surface area contributed by atoms with E-state index in [-0.39, 0.29) is 23.6 Å². The van der Waals surface area contributed by atoms with Crippen LogP contribution >= 0.6 is 0 Å². The summed E-state index contributed by atoms with van der Waals surface area (Å²) in [5.74, 6) is -0.885. The zero-order valence-electron chi connectivity index (χ0n) is 17.6. The molecule has 4 rings (SSSR count). The Labute approximate surface area is 184 Å². The predicted octanol–water partition coefficient (Wildman–Crippen LogP) is 2.86. The average Bonchev–Trinajstić information content (AvgIpc) is 3.50. The van der Waals surface area contributed by atoms with Crippen molar-refractivity contribution < 1.29 is 33.3 Å². The number of hydrogen-bond acceptors (Lipinski definition) is 8. The summed E-state index contributed by atoms with van der Waals surface area (Å²) in [4.78, 5) is 25.4. The smallest absolute Gasteiger partial charge is 0.357 e. The standard InChI is InChI=1S/C23H22N2O7/c1-28-22(26)19-20(15-7-6-10-17(13-15)32-14-18-30-11-12-31-18)24-25(21(19)23(27)29-2)16-8-4-3-5-9-16/h3-10,13,18H,11-12,14H2,1-2H3. The van der Waals surface area contributed by atoms with Crippen LogP contribution in [-0.4, -0.2) is 62.0 Å². The van der Waals surface area contributed by atoms with Crippen LogP contribution < -0.4 is 4.74 Å². The van der Waals surface area contributed by atoms with Crippen molar-refractivity contribution in [2.45, 2.75) is 6.29 Å². The second kappa shape index (κ2) is 9.63. The minimum Gasteiger partial charge on any atom is -0.488 e. The highest BCUT2D eigenvalue weighted by atomic mass is 16.7. The van der Waals surface area contributed by atoms with Gasteiger partial charge in [0.05, 0.1) is 33.1 Å². The van der Waals surface area contributed by atoms with Gasteiger partial charge in [-0.2, -0.15) is 5.10 Å². The van der Waals surface area contributed by atoms with E-state index in [2.05, 4.69) is 5.10 Å². The summed E-state index contributed by atoms with van der Waals surface area (Å²) in [7, 11) is 2.49. The first-order valence-electron chi connectivity index (χ1n) is 9.94. The van der Waals surface area contributed by atoms with Crippen molar-refractivity contribution in [3.63, 3.8) is 0 Å². The second-order valence-electron chi connectivity index (χ2n) is 6.81. The summed E-state index contributed by atoms with van der Waals surface area (Å²) in [5.41, 5.74) is 1.39. The van der Waals surface area contributed by atoms with Crippen molar-refractivity contribution in [1.29, 1.82) is 0 Å². The Bertz CT molecular complexity index is 1100. The van der Waals surface area contributed by atoms with Gasteiger partial charge in [-0.3, -0.25) is 0 Å².